The highest BCUT2D eigenvalue weighted by Gasteiger charge is 2.36. The molecular weight excluding hydrogens is 457 g/mol. The van der Waals surface area contributed by atoms with Crippen LogP contribution in [0.3, 0.4) is 0 Å². The van der Waals surface area contributed by atoms with Crippen LogP contribution in [-0.2, 0) is 6.42 Å². The Morgan fingerprint density at radius 1 is 1.03 bits per heavy atom. The first-order valence-electron chi connectivity index (χ1n) is 10.1. The number of hydrogen-bond acceptors (Lipinski definition) is 3. The number of halogens is 4. The van der Waals surface area contributed by atoms with E-state index >= 15 is 4.39 Å². The van der Waals surface area contributed by atoms with Crippen LogP contribution in [-0.4, -0.2) is 31.7 Å². The Morgan fingerprint density at radius 3 is 2.42 bits per heavy atom. The summed E-state index contributed by atoms with van der Waals surface area (Å²) in [6, 6.07) is 8.94. The van der Waals surface area contributed by atoms with Gasteiger partial charge in [-0.05, 0) is 53.9 Å². The molecule has 0 saturated heterocycles. The SMILES string of the molecule is COc1cc2c(cc1OC)C(c1c(F)cccc1Cl)N(C(=O)Nc1ccc(F)cc1F)CC2. The van der Waals surface area contributed by atoms with Gasteiger partial charge in [-0.1, -0.05) is 17.7 Å². The van der Waals surface area contributed by atoms with E-state index in [1.165, 1.54) is 37.3 Å². The first-order chi connectivity index (χ1) is 15.8. The van der Waals surface area contributed by atoms with Gasteiger partial charge in [-0.2, -0.15) is 0 Å². The number of ether oxygens (including phenoxy) is 2. The molecule has 0 aliphatic carbocycles. The van der Waals surface area contributed by atoms with Crippen molar-refractivity contribution in [2.45, 2.75) is 12.5 Å². The van der Waals surface area contributed by atoms with E-state index in [0.29, 0.717) is 29.5 Å². The van der Waals surface area contributed by atoms with E-state index in [1.807, 2.05) is 0 Å². The van der Waals surface area contributed by atoms with Crippen molar-refractivity contribution in [2.24, 2.45) is 0 Å². The van der Waals surface area contributed by atoms with E-state index in [2.05, 4.69) is 5.32 Å². The van der Waals surface area contributed by atoms with Gasteiger partial charge in [-0.15, -0.1) is 0 Å². The van der Waals surface area contributed by atoms with Crippen LogP contribution in [0.5, 0.6) is 11.5 Å². The summed E-state index contributed by atoms with van der Waals surface area (Å²) in [4.78, 5) is 14.6. The number of fused-ring (bicyclic) bond motifs is 1. The topological polar surface area (TPSA) is 50.8 Å². The Kier molecular flexibility index (Phi) is 6.37. The fourth-order valence-corrected chi connectivity index (χ4v) is 4.29. The highest BCUT2D eigenvalue weighted by Crippen LogP contribution is 2.43. The van der Waals surface area contributed by atoms with Crippen LogP contribution in [0.2, 0.25) is 5.02 Å². The molecule has 1 aliphatic heterocycles. The number of hydrogen-bond donors (Lipinski definition) is 1. The normalized spacial score (nSPS) is 15.1. The fraction of sp³-hybridized carbons (Fsp3) is 0.208. The van der Waals surface area contributed by atoms with Crippen LogP contribution in [0.1, 0.15) is 22.7 Å². The maximum Gasteiger partial charge on any atom is 0.322 e. The van der Waals surface area contributed by atoms with Gasteiger partial charge in [0.05, 0.1) is 25.9 Å². The minimum Gasteiger partial charge on any atom is -0.493 e. The molecule has 9 heteroatoms. The van der Waals surface area contributed by atoms with Gasteiger partial charge in [0.25, 0.3) is 0 Å². The number of nitrogens with one attached hydrogen (secondary N) is 1. The van der Waals surface area contributed by atoms with Crippen LogP contribution in [0.25, 0.3) is 0 Å². The number of urea groups is 1. The lowest BCUT2D eigenvalue weighted by Crippen LogP contribution is -2.43. The Labute approximate surface area is 193 Å². The number of carbonyl (C=O) groups is 1. The standard InChI is InChI=1S/C24H20ClF3N2O3/c1-32-20-10-13-8-9-30(24(31)29-19-7-6-14(26)11-18(19)28)23(15(13)12-21(20)33-2)22-16(25)4-3-5-17(22)27/h3-7,10-12,23H,8-9H2,1-2H3,(H,29,31). The number of methoxy groups -OCH3 is 2. The maximum atomic E-state index is 15.0. The molecule has 1 atom stereocenters. The van der Waals surface area contributed by atoms with E-state index in [1.54, 1.807) is 12.1 Å². The fourth-order valence-electron chi connectivity index (χ4n) is 4.03. The molecule has 1 N–H and O–H groups in total. The van der Waals surface area contributed by atoms with Gasteiger partial charge in [-0.3, -0.25) is 0 Å². The second-order valence-corrected chi connectivity index (χ2v) is 7.85. The van der Waals surface area contributed by atoms with Gasteiger partial charge < -0.3 is 19.7 Å². The lowest BCUT2D eigenvalue weighted by atomic mass is 9.87. The highest BCUT2D eigenvalue weighted by molar-refractivity contribution is 6.31. The number of rotatable bonds is 4. The zero-order valence-corrected chi connectivity index (χ0v) is 18.6. The van der Waals surface area contributed by atoms with Gasteiger partial charge in [0.15, 0.2) is 11.5 Å². The van der Waals surface area contributed by atoms with E-state index < -0.39 is 29.5 Å². The minimum absolute atomic E-state index is 0.0991. The molecule has 0 fully saturated rings. The molecule has 33 heavy (non-hydrogen) atoms. The third kappa shape index (κ3) is 4.30. The molecule has 172 valence electrons. The van der Waals surface area contributed by atoms with E-state index in [-0.39, 0.29) is 22.8 Å². The Balaban J connectivity index is 1.82. The van der Waals surface area contributed by atoms with E-state index in [9.17, 15) is 13.6 Å². The van der Waals surface area contributed by atoms with Crippen molar-refractivity contribution in [3.8, 4) is 11.5 Å². The van der Waals surface area contributed by atoms with Crippen LogP contribution in [0.15, 0.2) is 48.5 Å². The van der Waals surface area contributed by atoms with Crippen molar-refractivity contribution in [3.63, 3.8) is 0 Å². The second-order valence-electron chi connectivity index (χ2n) is 7.44. The van der Waals surface area contributed by atoms with Gasteiger partial charge in [0.1, 0.15) is 17.5 Å². The second kappa shape index (κ2) is 9.23. The van der Waals surface area contributed by atoms with Crippen molar-refractivity contribution in [1.82, 2.24) is 4.90 Å². The quantitative estimate of drug-likeness (QED) is 0.506. The number of carbonyl (C=O) groups excluding carboxylic acids is 1. The smallest absolute Gasteiger partial charge is 0.322 e. The number of anilines is 1. The summed E-state index contributed by atoms with van der Waals surface area (Å²) >= 11 is 6.38. The maximum absolute atomic E-state index is 15.0. The molecule has 0 radical (unpaired) electrons. The van der Waals surface area contributed by atoms with Crippen LogP contribution in [0.4, 0.5) is 23.7 Å². The largest absolute Gasteiger partial charge is 0.493 e. The first kappa shape index (κ1) is 22.8. The summed E-state index contributed by atoms with van der Waals surface area (Å²) < 4.78 is 53.2. The summed E-state index contributed by atoms with van der Waals surface area (Å²) in [6.45, 7) is 0.187. The van der Waals surface area contributed by atoms with Gasteiger partial charge in [-0.25, -0.2) is 18.0 Å². The van der Waals surface area contributed by atoms with E-state index in [4.69, 9.17) is 21.1 Å². The summed E-state index contributed by atoms with van der Waals surface area (Å²) in [5, 5.41) is 2.58. The molecule has 2 amide bonds. The minimum atomic E-state index is -0.925. The highest BCUT2D eigenvalue weighted by atomic mass is 35.5. The van der Waals surface area contributed by atoms with Gasteiger partial charge >= 0.3 is 6.03 Å². The average molecular weight is 477 g/mol. The molecule has 0 spiro atoms. The monoisotopic (exact) mass is 476 g/mol. The van der Waals surface area contributed by atoms with Crippen LogP contribution in [0, 0.1) is 17.5 Å². The number of benzene rings is 3. The zero-order chi connectivity index (χ0) is 23.7. The van der Waals surface area contributed by atoms with Gasteiger partial charge in [0.2, 0.25) is 0 Å². The summed E-state index contributed by atoms with van der Waals surface area (Å²) in [7, 11) is 2.98. The van der Waals surface area contributed by atoms with Crippen molar-refractivity contribution in [1.29, 1.82) is 0 Å². The summed E-state index contributed by atoms with van der Waals surface area (Å²) in [5.41, 5.74) is 1.33. The Hall–Kier alpha value is -3.39. The molecule has 4 rings (SSSR count). The van der Waals surface area contributed by atoms with Crippen LogP contribution >= 0.6 is 11.6 Å². The van der Waals surface area contributed by atoms with Crippen LogP contribution < -0.4 is 14.8 Å². The molecule has 3 aromatic carbocycles. The molecule has 1 aliphatic rings. The Bertz CT molecular complexity index is 1200. The van der Waals surface area contributed by atoms with Gasteiger partial charge in [0, 0.05) is 23.2 Å². The zero-order valence-electron chi connectivity index (χ0n) is 17.8. The number of amides is 2. The number of nitrogens with zero attached hydrogens (tertiary/aromatic N) is 1. The van der Waals surface area contributed by atoms with Crippen molar-refractivity contribution in [3.05, 3.63) is 87.7 Å². The van der Waals surface area contributed by atoms with E-state index in [0.717, 1.165) is 17.7 Å². The van der Waals surface area contributed by atoms with Crippen molar-refractivity contribution >= 4 is 23.3 Å². The molecular formula is C24H20ClF3N2O3. The summed E-state index contributed by atoms with van der Waals surface area (Å²) in [6.07, 6.45) is 0.428. The average Bonchev–Trinajstić information content (AvgIpc) is 2.79. The molecule has 1 heterocycles. The molecule has 1 unspecified atom stereocenters. The lowest BCUT2D eigenvalue weighted by molar-refractivity contribution is 0.192. The predicted molar refractivity (Wildman–Crippen MR) is 119 cm³/mol. The molecule has 3 aromatic rings. The van der Waals surface area contributed by atoms with Crippen molar-refractivity contribution < 1.29 is 27.4 Å². The summed E-state index contributed by atoms with van der Waals surface area (Å²) in [5.74, 6) is -1.38. The third-order valence-corrected chi connectivity index (χ3v) is 5.91. The third-order valence-electron chi connectivity index (χ3n) is 5.58. The molecule has 0 saturated carbocycles. The molecule has 5 nitrogen and oxygen atoms in total. The Morgan fingerprint density at radius 2 is 1.76 bits per heavy atom. The lowest BCUT2D eigenvalue weighted by Gasteiger charge is -2.38. The predicted octanol–water partition coefficient (Wildman–Crippen LogP) is 5.95. The van der Waals surface area contributed by atoms with Crippen molar-refractivity contribution in [2.75, 3.05) is 26.1 Å². The molecule has 0 bridgehead atoms. The first-order valence-corrected chi connectivity index (χ1v) is 10.4. The molecule has 0 aromatic heterocycles.